The maximum Gasteiger partial charge on any atom is 0.416 e. The van der Waals surface area contributed by atoms with Gasteiger partial charge in [0.05, 0.1) is 22.4 Å². The molecule has 0 aromatic heterocycles. The third kappa shape index (κ3) is 5.51. The number of alkyl halides is 3. The van der Waals surface area contributed by atoms with Crippen LogP contribution >= 0.6 is 11.6 Å². The molecule has 1 fully saturated rings. The van der Waals surface area contributed by atoms with Crippen molar-refractivity contribution < 1.29 is 23.1 Å². The van der Waals surface area contributed by atoms with Crippen molar-refractivity contribution in [3.63, 3.8) is 0 Å². The third-order valence-corrected chi connectivity index (χ3v) is 4.91. The molecule has 0 spiro atoms. The van der Waals surface area contributed by atoms with Crippen LogP contribution in [-0.4, -0.2) is 29.2 Å². The fraction of sp³-hybridized carbons (Fsp3) is 0.611. The lowest BCUT2D eigenvalue weighted by Crippen LogP contribution is -2.48. The number of nitrogens with one attached hydrogen (secondary N) is 2. The molecule has 0 saturated heterocycles. The maximum absolute atomic E-state index is 12.7. The molecule has 3 N–H and O–H groups in total. The van der Waals surface area contributed by atoms with Crippen LogP contribution in [0.1, 0.15) is 45.1 Å². The highest BCUT2D eigenvalue weighted by atomic mass is 35.5. The van der Waals surface area contributed by atoms with E-state index in [1.165, 1.54) is 6.07 Å². The van der Waals surface area contributed by atoms with Crippen LogP contribution in [0.5, 0.6) is 0 Å². The van der Waals surface area contributed by atoms with E-state index in [-0.39, 0.29) is 34.7 Å². The molecule has 1 aliphatic carbocycles. The molecule has 8 heteroatoms. The summed E-state index contributed by atoms with van der Waals surface area (Å²) >= 11 is 5.97. The van der Waals surface area contributed by atoms with Crippen molar-refractivity contribution in [1.82, 2.24) is 5.32 Å². The van der Waals surface area contributed by atoms with Gasteiger partial charge in [0.2, 0.25) is 5.91 Å². The molecule has 1 aliphatic rings. The van der Waals surface area contributed by atoms with E-state index in [0.29, 0.717) is 25.7 Å². The van der Waals surface area contributed by atoms with Crippen molar-refractivity contribution in [3.05, 3.63) is 28.8 Å². The lowest BCUT2D eigenvalue weighted by molar-refractivity contribution is -0.137. The van der Waals surface area contributed by atoms with Crippen molar-refractivity contribution in [2.24, 2.45) is 5.92 Å². The molecule has 4 nitrogen and oxygen atoms in total. The second kappa shape index (κ2) is 8.48. The van der Waals surface area contributed by atoms with Crippen LogP contribution in [0.3, 0.4) is 0 Å². The number of hydrogen-bond acceptors (Lipinski definition) is 3. The summed E-state index contributed by atoms with van der Waals surface area (Å²) in [5, 5.41) is 15.4. The topological polar surface area (TPSA) is 61.4 Å². The van der Waals surface area contributed by atoms with Gasteiger partial charge >= 0.3 is 6.18 Å². The Morgan fingerprint density at radius 2 is 1.85 bits per heavy atom. The number of aliphatic hydroxyl groups excluding tert-OH is 1. The van der Waals surface area contributed by atoms with Crippen LogP contribution in [0.25, 0.3) is 0 Å². The van der Waals surface area contributed by atoms with Gasteiger partial charge in [-0.1, -0.05) is 25.4 Å². The molecule has 1 aromatic carbocycles. The minimum atomic E-state index is -4.47. The molecular formula is C18H24ClF3N2O2. The molecule has 26 heavy (non-hydrogen) atoms. The van der Waals surface area contributed by atoms with Gasteiger partial charge in [-0.15, -0.1) is 0 Å². The van der Waals surface area contributed by atoms with Gasteiger partial charge < -0.3 is 15.7 Å². The summed E-state index contributed by atoms with van der Waals surface area (Å²) in [5.41, 5.74) is -0.549. The first-order chi connectivity index (χ1) is 12.1. The molecule has 1 unspecified atom stereocenters. The predicted octanol–water partition coefficient (Wildman–Crippen LogP) is 4.22. The molecule has 0 aliphatic heterocycles. The monoisotopic (exact) mass is 392 g/mol. The quantitative estimate of drug-likeness (QED) is 0.703. The number of rotatable bonds is 5. The van der Waals surface area contributed by atoms with Crippen LogP contribution in [0.4, 0.5) is 18.9 Å². The molecule has 0 heterocycles. The van der Waals surface area contributed by atoms with E-state index in [2.05, 4.69) is 10.6 Å². The molecular weight excluding hydrogens is 369 g/mol. The normalized spacial score (nSPS) is 22.2. The standard InChI is InChI=1S/C18H24ClF3N2O2/c1-10(2)16(17(26)23-12-4-6-13(25)7-5-12)24-15-8-3-11(9-14(15)19)18(20,21)22/h3,8-10,12-13,16,24-25H,4-7H2,1-2H3,(H,23,26). The first-order valence-corrected chi connectivity index (χ1v) is 9.07. The minimum Gasteiger partial charge on any atom is -0.393 e. The minimum absolute atomic E-state index is 0.00275. The Kier molecular flexibility index (Phi) is 6.80. The molecule has 1 amide bonds. The number of halogens is 4. The van der Waals surface area contributed by atoms with Crippen molar-refractivity contribution in [3.8, 4) is 0 Å². The van der Waals surface area contributed by atoms with Crippen molar-refractivity contribution in [1.29, 1.82) is 0 Å². The summed E-state index contributed by atoms with van der Waals surface area (Å²) in [6.07, 6.45) is -2.07. The zero-order chi connectivity index (χ0) is 19.5. The van der Waals surface area contributed by atoms with E-state index < -0.39 is 17.8 Å². The fourth-order valence-electron chi connectivity index (χ4n) is 3.02. The summed E-state index contributed by atoms with van der Waals surface area (Å²) in [5.74, 6) is -0.320. The van der Waals surface area contributed by atoms with Crippen LogP contribution in [-0.2, 0) is 11.0 Å². The summed E-state index contributed by atoms with van der Waals surface area (Å²) < 4.78 is 38.2. The van der Waals surface area contributed by atoms with E-state index >= 15 is 0 Å². The van der Waals surface area contributed by atoms with E-state index in [9.17, 15) is 23.1 Å². The van der Waals surface area contributed by atoms with Crippen LogP contribution in [0, 0.1) is 5.92 Å². The zero-order valence-corrected chi connectivity index (χ0v) is 15.5. The van der Waals surface area contributed by atoms with Crippen LogP contribution in [0.15, 0.2) is 18.2 Å². The Hall–Kier alpha value is -1.47. The molecule has 1 aromatic rings. The SMILES string of the molecule is CC(C)C(Nc1ccc(C(F)(F)F)cc1Cl)C(=O)NC1CCC(O)CC1. The Labute approximate surface area is 156 Å². The highest BCUT2D eigenvalue weighted by molar-refractivity contribution is 6.33. The third-order valence-electron chi connectivity index (χ3n) is 4.60. The second-order valence-electron chi connectivity index (χ2n) is 7.07. The molecule has 0 radical (unpaired) electrons. The number of benzene rings is 1. The number of carbonyl (C=O) groups is 1. The van der Waals surface area contributed by atoms with Gasteiger partial charge in [0.15, 0.2) is 0 Å². The Morgan fingerprint density at radius 3 is 2.35 bits per heavy atom. The lowest BCUT2D eigenvalue weighted by Gasteiger charge is -2.30. The van der Waals surface area contributed by atoms with Gasteiger partial charge in [-0.05, 0) is 49.8 Å². The molecule has 0 bridgehead atoms. The summed E-state index contributed by atoms with van der Waals surface area (Å²) in [4.78, 5) is 12.6. The van der Waals surface area contributed by atoms with Crippen molar-refractivity contribution in [2.75, 3.05) is 5.32 Å². The fourth-order valence-corrected chi connectivity index (χ4v) is 3.26. The van der Waals surface area contributed by atoms with Crippen LogP contribution < -0.4 is 10.6 Å². The molecule has 1 saturated carbocycles. The number of aliphatic hydroxyl groups is 1. The van der Waals surface area contributed by atoms with Gasteiger partial charge in [0.25, 0.3) is 0 Å². The molecule has 146 valence electrons. The van der Waals surface area contributed by atoms with Gasteiger partial charge in [-0.3, -0.25) is 4.79 Å². The summed E-state index contributed by atoms with van der Waals surface area (Å²) in [7, 11) is 0. The average molecular weight is 393 g/mol. The van der Waals surface area contributed by atoms with Gasteiger partial charge in [-0.2, -0.15) is 13.2 Å². The Morgan fingerprint density at radius 1 is 1.23 bits per heavy atom. The predicted molar refractivity (Wildman–Crippen MR) is 95.1 cm³/mol. The largest absolute Gasteiger partial charge is 0.416 e. The van der Waals surface area contributed by atoms with E-state index in [1.807, 2.05) is 13.8 Å². The van der Waals surface area contributed by atoms with Crippen LogP contribution in [0.2, 0.25) is 5.02 Å². The number of carbonyl (C=O) groups excluding carboxylic acids is 1. The molecule has 2 rings (SSSR count). The Balaban J connectivity index is 2.07. The van der Waals surface area contributed by atoms with E-state index in [0.717, 1.165) is 12.1 Å². The van der Waals surface area contributed by atoms with E-state index in [1.54, 1.807) is 0 Å². The number of amides is 1. The van der Waals surface area contributed by atoms with Gasteiger partial charge in [0, 0.05) is 6.04 Å². The lowest BCUT2D eigenvalue weighted by atomic mass is 9.92. The Bertz CT molecular complexity index is 629. The van der Waals surface area contributed by atoms with Crippen molar-refractivity contribution in [2.45, 2.75) is 63.9 Å². The smallest absolute Gasteiger partial charge is 0.393 e. The second-order valence-corrected chi connectivity index (χ2v) is 7.48. The summed E-state index contributed by atoms with van der Waals surface area (Å²) in [6.45, 7) is 3.69. The van der Waals surface area contributed by atoms with Gasteiger partial charge in [-0.25, -0.2) is 0 Å². The highest BCUT2D eigenvalue weighted by Crippen LogP contribution is 2.34. The first kappa shape index (κ1) is 20.8. The highest BCUT2D eigenvalue weighted by Gasteiger charge is 2.32. The van der Waals surface area contributed by atoms with Gasteiger partial charge in [0.1, 0.15) is 6.04 Å². The van der Waals surface area contributed by atoms with Crippen molar-refractivity contribution >= 4 is 23.2 Å². The first-order valence-electron chi connectivity index (χ1n) is 8.69. The zero-order valence-electron chi connectivity index (χ0n) is 14.7. The average Bonchev–Trinajstić information content (AvgIpc) is 2.54. The number of hydrogen-bond donors (Lipinski definition) is 3. The van der Waals surface area contributed by atoms with E-state index in [4.69, 9.17) is 11.6 Å². The number of anilines is 1. The maximum atomic E-state index is 12.7. The molecule has 1 atom stereocenters. The summed E-state index contributed by atoms with van der Waals surface area (Å²) in [6, 6.07) is 2.39.